The molecular weight excluding hydrogens is 236 g/mol. The molecule has 0 aromatic carbocycles. The fourth-order valence-corrected chi connectivity index (χ4v) is 1.77. The Morgan fingerprint density at radius 2 is 2.00 bits per heavy atom. The van der Waals surface area contributed by atoms with Crippen molar-refractivity contribution in [2.45, 2.75) is 31.7 Å². The fraction of sp³-hybridized carbons (Fsp3) is 0.700. The maximum absolute atomic E-state index is 13.0. The molecule has 1 atom stereocenters. The summed E-state index contributed by atoms with van der Waals surface area (Å²) in [5.74, 6) is -5.87. The molecule has 1 saturated heterocycles. The average Bonchev–Trinajstić information content (AvgIpc) is 2.50. The number of methoxy groups -OCH3 is 1. The van der Waals surface area contributed by atoms with Gasteiger partial charge in [0.1, 0.15) is 0 Å². The molecule has 0 aromatic rings. The minimum absolute atomic E-state index is 0.425. The van der Waals surface area contributed by atoms with Crippen molar-refractivity contribution in [1.29, 1.82) is 0 Å². The number of Topliss-reactive ketones (excluding diaryl/α,β-unsaturated/α-hetero) is 1. The number of alkyl halides is 2. The first kappa shape index (κ1) is 13.5. The third-order valence-electron chi connectivity index (χ3n) is 2.57. The molecule has 0 bridgehead atoms. The van der Waals surface area contributed by atoms with Crippen molar-refractivity contribution >= 4 is 17.7 Å². The molecule has 1 fully saturated rings. The highest BCUT2D eigenvalue weighted by atomic mass is 19.3. The Balaban J connectivity index is 2.60. The topological polar surface area (TPSA) is 63.7 Å². The number of hydrogen-bond donors (Lipinski definition) is 0. The largest absolute Gasteiger partial charge is 0.463 e. The second kappa shape index (κ2) is 4.77. The predicted octanol–water partition coefficient (Wildman–Crippen LogP) is 0.375. The van der Waals surface area contributed by atoms with Gasteiger partial charge in [-0.1, -0.05) is 0 Å². The van der Waals surface area contributed by atoms with Gasteiger partial charge >= 0.3 is 5.97 Å². The van der Waals surface area contributed by atoms with Gasteiger partial charge in [-0.15, -0.1) is 0 Å². The number of hydrogen-bond acceptors (Lipinski definition) is 4. The van der Waals surface area contributed by atoms with Gasteiger partial charge in [0.05, 0.1) is 20.1 Å². The van der Waals surface area contributed by atoms with Crippen LogP contribution >= 0.6 is 0 Å². The Hall–Kier alpha value is -1.53. The highest BCUT2D eigenvalue weighted by Crippen LogP contribution is 2.31. The van der Waals surface area contributed by atoms with Crippen molar-refractivity contribution in [2.75, 3.05) is 13.7 Å². The molecule has 7 heteroatoms. The quantitative estimate of drug-likeness (QED) is 0.412. The number of likely N-dealkylation sites (tertiary alicyclic amines) is 1. The molecule has 1 amide bonds. The highest BCUT2D eigenvalue weighted by Gasteiger charge is 2.45. The molecule has 0 N–H and O–H groups in total. The summed E-state index contributed by atoms with van der Waals surface area (Å²) in [5.41, 5.74) is 0. The first-order valence-corrected chi connectivity index (χ1v) is 5.05. The summed E-state index contributed by atoms with van der Waals surface area (Å²) < 4.78 is 30.1. The normalized spacial score (nSPS) is 22.4. The Kier molecular flexibility index (Phi) is 3.79. The predicted molar refractivity (Wildman–Crippen MR) is 52.4 cm³/mol. The molecule has 0 aliphatic carbocycles. The van der Waals surface area contributed by atoms with Gasteiger partial charge in [0.2, 0.25) is 11.7 Å². The standard InChI is InChI=1S/C10H13F2NO4/c1-6-4-10(11,12)5-13(6)8(15)3-7(14)9(16)17-2/h6H,3-5H2,1-2H3/t6-/m1/s1. The summed E-state index contributed by atoms with van der Waals surface area (Å²) in [7, 11) is 1.01. The molecule has 17 heavy (non-hydrogen) atoms. The second-order valence-electron chi connectivity index (χ2n) is 4.02. The summed E-state index contributed by atoms with van der Waals surface area (Å²) in [6.07, 6.45) is -1.15. The van der Waals surface area contributed by atoms with Crippen LogP contribution in [0.5, 0.6) is 0 Å². The summed E-state index contributed by atoms with van der Waals surface area (Å²) >= 11 is 0. The maximum Gasteiger partial charge on any atom is 0.374 e. The van der Waals surface area contributed by atoms with Crippen molar-refractivity contribution in [3.05, 3.63) is 0 Å². The lowest BCUT2D eigenvalue weighted by atomic mass is 10.2. The lowest BCUT2D eigenvalue weighted by molar-refractivity contribution is -0.153. The van der Waals surface area contributed by atoms with E-state index < -0.39 is 49.0 Å². The minimum atomic E-state index is -2.93. The number of carbonyl (C=O) groups excluding carboxylic acids is 3. The van der Waals surface area contributed by atoms with Crippen LogP contribution in [0.4, 0.5) is 8.78 Å². The van der Waals surface area contributed by atoms with E-state index in [4.69, 9.17) is 0 Å². The lowest BCUT2D eigenvalue weighted by Gasteiger charge is -2.19. The molecular formula is C10H13F2NO4. The van der Waals surface area contributed by atoms with Gasteiger partial charge in [-0.05, 0) is 6.92 Å². The van der Waals surface area contributed by atoms with E-state index in [-0.39, 0.29) is 0 Å². The van der Waals surface area contributed by atoms with Gasteiger partial charge in [-0.25, -0.2) is 13.6 Å². The fourth-order valence-electron chi connectivity index (χ4n) is 1.77. The van der Waals surface area contributed by atoms with Crippen LogP contribution in [0, 0.1) is 0 Å². The van der Waals surface area contributed by atoms with Crippen LogP contribution in [0.2, 0.25) is 0 Å². The van der Waals surface area contributed by atoms with Crippen molar-refractivity contribution in [1.82, 2.24) is 4.90 Å². The Morgan fingerprint density at radius 3 is 2.41 bits per heavy atom. The molecule has 1 rings (SSSR count). The number of carbonyl (C=O) groups is 3. The number of amides is 1. The number of ketones is 1. The summed E-state index contributed by atoms with van der Waals surface area (Å²) in [6, 6.07) is -0.636. The molecule has 0 saturated carbocycles. The SMILES string of the molecule is COC(=O)C(=O)CC(=O)N1CC(F)(F)C[C@H]1C. The van der Waals surface area contributed by atoms with E-state index in [0.717, 1.165) is 12.0 Å². The molecule has 1 aliphatic heterocycles. The van der Waals surface area contributed by atoms with Crippen LogP contribution in [0.25, 0.3) is 0 Å². The van der Waals surface area contributed by atoms with E-state index >= 15 is 0 Å². The first-order valence-electron chi connectivity index (χ1n) is 5.05. The molecule has 5 nitrogen and oxygen atoms in total. The Bertz CT molecular complexity index is 356. The molecule has 0 aromatic heterocycles. The lowest BCUT2D eigenvalue weighted by Crippen LogP contribution is -2.37. The third kappa shape index (κ3) is 3.21. The zero-order valence-corrected chi connectivity index (χ0v) is 9.53. The number of rotatable bonds is 3. The number of halogens is 2. The van der Waals surface area contributed by atoms with Crippen molar-refractivity contribution in [3.8, 4) is 0 Å². The van der Waals surface area contributed by atoms with Crippen LogP contribution in [0.3, 0.4) is 0 Å². The second-order valence-corrected chi connectivity index (χ2v) is 4.02. The molecule has 1 aliphatic rings. The van der Waals surface area contributed by atoms with E-state index in [1.54, 1.807) is 0 Å². The third-order valence-corrected chi connectivity index (χ3v) is 2.57. The van der Waals surface area contributed by atoms with Crippen molar-refractivity contribution < 1.29 is 27.9 Å². The Labute approximate surface area is 96.7 Å². The Morgan fingerprint density at radius 1 is 1.41 bits per heavy atom. The van der Waals surface area contributed by atoms with Crippen molar-refractivity contribution in [3.63, 3.8) is 0 Å². The van der Waals surface area contributed by atoms with Gasteiger partial charge in [0.15, 0.2) is 0 Å². The van der Waals surface area contributed by atoms with E-state index in [9.17, 15) is 23.2 Å². The maximum atomic E-state index is 13.0. The minimum Gasteiger partial charge on any atom is -0.463 e. The zero-order chi connectivity index (χ0) is 13.2. The van der Waals surface area contributed by atoms with E-state index in [0.29, 0.717) is 0 Å². The summed E-state index contributed by atoms with van der Waals surface area (Å²) in [5, 5.41) is 0. The van der Waals surface area contributed by atoms with E-state index in [1.165, 1.54) is 6.92 Å². The average molecular weight is 249 g/mol. The number of ether oxygens (including phenoxy) is 1. The van der Waals surface area contributed by atoms with Crippen LogP contribution in [0.1, 0.15) is 19.8 Å². The van der Waals surface area contributed by atoms with Crippen LogP contribution in [0.15, 0.2) is 0 Å². The number of esters is 1. The van der Waals surface area contributed by atoms with E-state index in [1.807, 2.05) is 0 Å². The molecule has 0 unspecified atom stereocenters. The number of nitrogens with zero attached hydrogens (tertiary/aromatic N) is 1. The van der Waals surface area contributed by atoms with Gasteiger partial charge < -0.3 is 9.64 Å². The van der Waals surface area contributed by atoms with Gasteiger partial charge in [-0.3, -0.25) is 9.59 Å². The zero-order valence-electron chi connectivity index (χ0n) is 9.53. The van der Waals surface area contributed by atoms with Crippen LogP contribution < -0.4 is 0 Å². The van der Waals surface area contributed by atoms with Crippen LogP contribution in [-0.2, 0) is 19.1 Å². The van der Waals surface area contributed by atoms with Gasteiger partial charge in [0.25, 0.3) is 5.92 Å². The summed E-state index contributed by atoms with van der Waals surface area (Å²) in [6.45, 7) is 0.767. The van der Waals surface area contributed by atoms with Gasteiger partial charge in [-0.2, -0.15) is 0 Å². The summed E-state index contributed by atoms with van der Waals surface area (Å²) in [4.78, 5) is 34.3. The smallest absolute Gasteiger partial charge is 0.374 e. The van der Waals surface area contributed by atoms with E-state index in [2.05, 4.69) is 4.74 Å². The molecule has 1 heterocycles. The van der Waals surface area contributed by atoms with Crippen molar-refractivity contribution in [2.24, 2.45) is 0 Å². The first-order chi connectivity index (χ1) is 7.76. The molecule has 0 radical (unpaired) electrons. The highest BCUT2D eigenvalue weighted by molar-refractivity contribution is 6.36. The van der Waals surface area contributed by atoms with Gasteiger partial charge in [0, 0.05) is 12.5 Å². The molecule has 96 valence electrons. The van der Waals surface area contributed by atoms with Crippen LogP contribution in [-0.4, -0.2) is 48.2 Å². The molecule has 0 spiro atoms. The monoisotopic (exact) mass is 249 g/mol.